The van der Waals surface area contributed by atoms with E-state index in [4.69, 9.17) is 9.47 Å². The summed E-state index contributed by atoms with van der Waals surface area (Å²) in [5.41, 5.74) is 0.296. The van der Waals surface area contributed by atoms with Gasteiger partial charge in [-0.25, -0.2) is 8.78 Å². The Kier molecular flexibility index (Phi) is 8.85. The lowest BCUT2D eigenvalue weighted by Gasteiger charge is -2.22. The highest BCUT2D eigenvalue weighted by atomic mass is 19.2. The zero-order valence-corrected chi connectivity index (χ0v) is 22.5. The number of anilines is 3. The normalized spacial score (nSPS) is 15.3. The third-order valence-corrected chi connectivity index (χ3v) is 6.93. The zero-order valence-electron chi connectivity index (χ0n) is 22.5. The monoisotopic (exact) mass is 567 g/mol. The zero-order chi connectivity index (χ0) is 28.8. The SMILES string of the molecule is COc1cc2c(Nc3cnn(CC(=O)Nc4cccc(F)c4F)c3)nncc2cc1OCCCN1CCC[C@@H]1CO. The highest BCUT2D eigenvalue weighted by Crippen LogP contribution is 2.35. The van der Waals surface area contributed by atoms with Crippen LogP contribution in [0.4, 0.5) is 26.0 Å². The average Bonchev–Trinajstić information content (AvgIpc) is 3.62. The number of carbonyl (C=O) groups is 1. The van der Waals surface area contributed by atoms with Crippen molar-refractivity contribution in [1.82, 2.24) is 24.9 Å². The van der Waals surface area contributed by atoms with Crippen LogP contribution in [-0.4, -0.2) is 75.3 Å². The number of ether oxygens (including phenoxy) is 2. The molecule has 11 nitrogen and oxygen atoms in total. The van der Waals surface area contributed by atoms with Crippen molar-refractivity contribution in [2.75, 3.05) is 44.0 Å². The van der Waals surface area contributed by atoms with Crippen LogP contribution in [0, 0.1) is 11.6 Å². The number of aliphatic hydroxyl groups is 1. The summed E-state index contributed by atoms with van der Waals surface area (Å²) in [6.07, 6.45) is 7.67. The molecule has 13 heteroatoms. The number of rotatable bonds is 12. The van der Waals surface area contributed by atoms with Gasteiger partial charge in [0.2, 0.25) is 5.91 Å². The minimum atomic E-state index is -1.12. The largest absolute Gasteiger partial charge is 0.493 e. The van der Waals surface area contributed by atoms with Gasteiger partial charge in [0, 0.05) is 29.6 Å². The highest BCUT2D eigenvalue weighted by Gasteiger charge is 2.23. The smallest absolute Gasteiger partial charge is 0.246 e. The Morgan fingerprint density at radius 2 is 2.10 bits per heavy atom. The van der Waals surface area contributed by atoms with Crippen LogP contribution < -0.4 is 20.1 Å². The molecule has 1 aliphatic rings. The molecule has 4 aromatic rings. The molecule has 2 aromatic carbocycles. The Morgan fingerprint density at radius 1 is 1.22 bits per heavy atom. The molecule has 0 unspecified atom stereocenters. The number of halogens is 2. The van der Waals surface area contributed by atoms with E-state index < -0.39 is 17.5 Å². The molecule has 3 heterocycles. The van der Waals surface area contributed by atoms with E-state index >= 15 is 0 Å². The van der Waals surface area contributed by atoms with Gasteiger partial charge in [-0.3, -0.25) is 14.4 Å². The molecule has 2 aromatic heterocycles. The fourth-order valence-electron chi connectivity index (χ4n) is 4.89. The van der Waals surface area contributed by atoms with E-state index in [1.165, 1.54) is 23.0 Å². The number of aliphatic hydroxyl groups excluding tert-OH is 1. The van der Waals surface area contributed by atoms with Crippen molar-refractivity contribution in [2.45, 2.75) is 31.8 Å². The minimum absolute atomic E-state index is 0.185. The maximum Gasteiger partial charge on any atom is 0.246 e. The fourth-order valence-corrected chi connectivity index (χ4v) is 4.89. The number of nitrogens with one attached hydrogen (secondary N) is 2. The number of hydrogen-bond donors (Lipinski definition) is 3. The molecule has 216 valence electrons. The van der Waals surface area contributed by atoms with Gasteiger partial charge in [0.05, 0.1) is 44.1 Å². The van der Waals surface area contributed by atoms with Crippen LogP contribution in [0.15, 0.2) is 48.9 Å². The molecule has 1 aliphatic heterocycles. The Hall–Kier alpha value is -4.36. The van der Waals surface area contributed by atoms with Crippen molar-refractivity contribution in [3.05, 3.63) is 60.6 Å². The molecule has 1 saturated heterocycles. The van der Waals surface area contributed by atoms with Gasteiger partial charge in [-0.05, 0) is 50.1 Å². The number of likely N-dealkylation sites (tertiary alicyclic amines) is 1. The van der Waals surface area contributed by atoms with Crippen molar-refractivity contribution in [3.8, 4) is 11.5 Å². The Labute approximate surface area is 235 Å². The van der Waals surface area contributed by atoms with Crippen molar-refractivity contribution >= 4 is 33.9 Å². The number of aromatic nitrogens is 4. The van der Waals surface area contributed by atoms with Gasteiger partial charge in [-0.15, -0.1) is 5.10 Å². The fraction of sp³-hybridized carbons (Fsp3) is 0.357. The van der Waals surface area contributed by atoms with Crippen molar-refractivity contribution in [1.29, 1.82) is 0 Å². The summed E-state index contributed by atoms with van der Waals surface area (Å²) in [6, 6.07) is 7.46. The molecule has 0 spiro atoms. The van der Waals surface area contributed by atoms with Gasteiger partial charge in [0.25, 0.3) is 0 Å². The molecular weight excluding hydrogens is 536 g/mol. The number of methoxy groups -OCH3 is 1. The van der Waals surface area contributed by atoms with Gasteiger partial charge in [0.1, 0.15) is 6.54 Å². The summed E-state index contributed by atoms with van der Waals surface area (Å²) >= 11 is 0. The van der Waals surface area contributed by atoms with Crippen LogP contribution in [0.3, 0.4) is 0 Å². The standard InChI is InChI=1S/C28H31F2N7O4/c1-40-24-12-21-18(11-25(24)41-10-4-9-36-8-3-5-20(36)17-38)13-31-35-28(21)33-19-14-32-37(15-19)16-26(39)34-23-7-2-6-22(29)27(23)30/h2,6-7,11-15,20,38H,3-5,8-10,16-17H2,1H3,(H,33,35)(H,34,39)/t20-/m1/s1. The van der Waals surface area contributed by atoms with E-state index in [9.17, 15) is 18.7 Å². The van der Waals surface area contributed by atoms with E-state index in [2.05, 4.69) is 30.8 Å². The van der Waals surface area contributed by atoms with E-state index in [0.717, 1.165) is 49.2 Å². The number of nitrogens with zero attached hydrogens (tertiary/aromatic N) is 5. The molecular formula is C28H31F2N7O4. The van der Waals surface area contributed by atoms with Gasteiger partial charge in [-0.1, -0.05) is 6.07 Å². The van der Waals surface area contributed by atoms with Crippen LogP contribution in [0.2, 0.25) is 0 Å². The maximum absolute atomic E-state index is 13.9. The predicted octanol–water partition coefficient (Wildman–Crippen LogP) is 3.72. The van der Waals surface area contributed by atoms with Crippen molar-refractivity contribution in [3.63, 3.8) is 0 Å². The average molecular weight is 568 g/mol. The topological polar surface area (TPSA) is 127 Å². The molecule has 0 saturated carbocycles. The van der Waals surface area contributed by atoms with E-state index in [0.29, 0.717) is 29.6 Å². The summed E-state index contributed by atoms with van der Waals surface area (Å²) in [6.45, 7) is 2.33. The second-order valence-corrected chi connectivity index (χ2v) is 9.70. The van der Waals surface area contributed by atoms with Gasteiger partial charge in [-0.2, -0.15) is 10.2 Å². The molecule has 5 rings (SSSR count). The molecule has 1 atom stereocenters. The summed E-state index contributed by atoms with van der Waals surface area (Å²) in [5.74, 6) is -1.16. The Balaban J connectivity index is 1.22. The first-order chi connectivity index (χ1) is 19.9. The first-order valence-corrected chi connectivity index (χ1v) is 13.3. The lowest BCUT2D eigenvalue weighted by atomic mass is 10.1. The number of amides is 1. The van der Waals surface area contributed by atoms with Crippen molar-refractivity contribution < 1.29 is 28.2 Å². The summed E-state index contributed by atoms with van der Waals surface area (Å²) in [4.78, 5) is 14.6. The number of benzene rings is 2. The number of fused-ring (bicyclic) bond motifs is 1. The van der Waals surface area contributed by atoms with E-state index in [-0.39, 0.29) is 24.9 Å². The number of hydrogen-bond acceptors (Lipinski definition) is 9. The quantitative estimate of drug-likeness (QED) is 0.220. The molecule has 0 bridgehead atoms. The number of carbonyl (C=O) groups excluding carboxylic acids is 1. The van der Waals surface area contributed by atoms with Crippen LogP contribution >= 0.6 is 0 Å². The molecule has 41 heavy (non-hydrogen) atoms. The van der Waals surface area contributed by atoms with E-state index in [1.54, 1.807) is 19.5 Å². The van der Waals surface area contributed by atoms with Crippen LogP contribution in [-0.2, 0) is 11.3 Å². The first-order valence-electron chi connectivity index (χ1n) is 13.3. The first kappa shape index (κ1) is 28.2. The molecule has 0 aliphatic carbocycles. The van der Waals surface area contributed by atoms with Crippen LogP contribution in [0.25, 0.3) is 10.8 Å². The Bertz CT molecular complexity index is 1520. The predicted molar refractivity (Wildman–Crippen MR) is 148 cm³/mol. The van der Waals surface area contributed by atoms with Crippen LogP contribution in [0.1, 0.15) is 19.3 Å². The maximum atomic E-state index is 13.9. The lowest BCUT2D eigenvalue weighted by Crippen LogP contribution is -2.33. The van der Waals surface area contributed by atoms with Gasteiger partial charge in [0.15, 0.2) is 29.0 Å². The molecule has 1 fully saturated rings. The lowest BCUT2D eigenvalue weighted by molar-refractivity contribution is -0.116. The minimum Gasteiger partial charge on any atom is -0.493 e. The van der Waals surface area contributed by atoms with Crippen molar-refractivity contribution in [2.24, 2.45) is 0 Å². The van der Waals surface area contributed by atoms with Gasteiger partial charge < -0.3 is 25.2 Å². The molecule has 1 amide bonds. The third-order valence-electron chi connectivity index (χ3n) is 6.93. The highest BCUT2D eigenvalue weighted by molar-refractivity contribution is 5.95. The van der Waals surface area contributed by atoms with Gasteiger partial charge >= 0.3 is 0 Å². The summed E-state index contributed by atoms with van der Waals surface area (Å²) in [7, 11) is 1.57. The van der Waals surface area contributed by atoms with Crippen LogP contribution in [0.5, 0.6) is 11.5 Å². The summed E-state index contributed by atoms with van der Waals surface area (Å²) < 4.78 is 40.2. The molecule has 0 radical (unpaired) electrons. The van der Waals surface area contributed by atoms with E-state index in [1.807, 2.05) is 12.1 Å². The third kappa shape index (κ3) is 6.69. The summed E-state index contributed by atoms with van der Waals surface area (Å²) in [5, 5.41) is 29.0. The second-order valence-electron chi connectivity index (χ2n) is 9.70. The Morgan fingerprint density at radius 3 is 2.93 bits per heavy atom. The molecule has 3 N–H and O–H groups in total. The second kappa shape index (κ2) is 12.9.